The summed E-state index contributed by atoms with van der Waals surface area (Å²) in [5.41, 5.74) is 1.71. The Morgan fingerprint density at radius 2 is 1.86 bits per heavy atom. The predicted molar refractivity (Wildman–Crippen MR) is 138 cm³/mol. The summed E-state index contributed by atoms with van der Waals surface area (Å²) < 4.78 is 35.2. The second-order valence-corrected chi connectivity index (χ2v) is 12.0. The minimum Gasteiger partial charge on any atom is -0.487 e. The summed E-state index contributed by atoms with van der Waals surface area (Å²) in [5, 5.41) is 9.84. The average Bonchev–Trinajstić information content (AvgIpc) is 2.90. The van der Waals surface area contributed by atoms with E-state index >= 15 is 0 Å². The zero-order chi connectivity index (χ0) is 25.9. The van der Waals surface area contributed by atoms with Gasteiger partial charge in [0.25, 0.3) is 0 Å². The number of ether oxygens (including phenoxy) is 1. The normalized spacial score (nSPS) is 23.6. The van der Waals surface area contributed by atoms with Crippen LogP contribution in [0.5, 0.6) is 5.75 Å². The van der Waals surface area contributed by atoms with Crippen molar-refractivity contribution in [2.75, 3.05) is 26.7 Å². The topological polar surface area (TPSA) is 100 Å². The van der Waals surface area contributed by atoms with Crippen molar-refractivity contribution in [1.82, 2.24) is 14.2 Å². The predicted octanol–water partition coefficient (Wildman–Crippen LogP) is 3.56. The highest BCUT2D eigenvalue weighted by Gasteiger charge is 2.39. The van der Waals surface area contributed by atoms with E-state index in [0.717, 1.165) is 36.8 Å². The smallest absolute Gasteiger partial charge is 0.247 e. The number of fused-ring (bicyclic) bond motifs is 1. The minimum atomic E-state index is -3.92. The van der Waals surface area contributed by atoms with E-state index in [9.17, 15) is 18.3 Å². The van der Waals surface area contributed by atoms with Crippen LogP contribution in [-0.2, 0) is 14.8 Å². The van der Waals surface area contributed by atoms with Crippen LogP contribution in [0.4, 0.5) is 0 Å². The number of likely N-dealkylation sites (N-methyl/N-ethyl adjacent to an activating group) is 1. The Kier molecular flexibility index (Phi) is 8.32. The Bertz CT molecular complexity index is 1150. The fourth-order valence-corrected chi connectivity index (χ4v) is 7.01. The van der Waals surface area contributed by atoms with Crippen LogP contribution in [0.25, 0.3) is 11.1 Å². The molecule has 196 valence electrons. The van der Waals surface area contributed by atoms with E-state index in [1.807, 2.05) is 26.1 Å². The Morgan fingerprint density at radius 1 is 1.17 bits per heavy atom. The van der Waals surface area contributed by atoms with Gasteiger partial charge in [0.05, 0.1) is 13.2 Å². The molecule has 1 aromatic heterocycles. The maximum atomic E-state index is 13.7. The molecule has 36 heavy (non-hydrogen) atoms. The van der Waals surface area contributed by atoms with Gasteiger partial charge in [-0.3, -0.25) is 9.78 Å². The lowest BCUT2D eigenvalue weighted by Crippen LogP contribution is -2.50. The van der Waals surface area contributed by atoms with E-state index < -0.39 is 22.2 Å². The molecular weight excluding hydrogens is 478 g/mol. The molecule has 1 aliphatic heterocycles. The second kappa shape index (κ2) is 11.3. The summed E-state index contributed by atoms with van der Waals surface area (Å²) >= 11 is 0. The number of aliphatic hydroxyl groups is 1. The summed E-state index contributed by atoms with van der Waals surface area (Å²) in [5.74, 6) is 0.221. The lowest BCUT2D eigenvalue weighted by Gasteiger charge is -2.38. The molecular formula is C27H37N3O5S. The Morgan fingerprint density at radius 3 is 2.53 bits per heavy atom. The first-order valence-electron chi connectivity index (χ1n) is 12.8. The quantitative estimate of drug-likeness (QED) is 0.632. The number of carbonyl (C=O) groups is 1. The van der Waals surface area contributed by atoms with Gasteiger partial charge in [0.1, 0.15) is 16.7 Å². The molecule has 3 atom stereocenters. The molecule has 1 aromatic carbocycles. The molecule has 0 bridgehead atoms. The van der Waals surface area contributed by atoms with Crippen LogP contribution in [0.15, 0.2) is 47.6 Å². The van der Waals surface area contributed by atoms with Crippen LogP contribution in [0.1, 0.15) is 46.0 Å². The number of aromatic nitrogens is 1. The zero-order valence-corrected chi connectivity index (χ0v) is 22.2. The third kappa shape index (κ3) is 5.58. The van der Waals surface area contributed by atoms with Gasteiger partial charge in [0.2, 0.25) is 15.9 Å². The molecule has 9 heteroatoms. The largest absolute Gasteiger partial charge is 0.487 e. The Labute approximate surface area is 214 Å². The van der Waals surface area contributed by atoms with E-state index in [2.05, 4.69) is 4.98 Å². The number of hydrogen-bond donors (Lipinski definition) is 1. The van der Waals surface area contributed by atoms with Crippen LogP contribution in [0, 0.1) is 11.8 Å². The maximum absolute atomic E-state index is 13.7. The number of nitrogens with zero attached hydrogens (tertiary/aromatic N) is 3. The summed E-state index contributed by atoms with van der Waals surface area (Å²) in [4.78, 5) is 19.0. The van der Waals surface area contributed by atoms with E-state index in [-0.39, 0.29) is 41.5 Å². The molecule has 2 heterocycles. The van der Waals surface area contributed by atoms with Crippen molar-refractivity contribution in [3.05, 3.63) is 42.7 Å². The van der Waals surface area contributed by atoms with Gasteiger partial charge in [-0.05, 0) is 55.2 Å². The Hall–Kier alpha value is -2.49. The third-order valence-corrected chi connectivity index (χ3v) is 9.48. The summed E-state index contributed by atoms with van der Waals surface area (Å²) in [6.45, 7) is 3.89. The average molecular weight is 516 g/mol. The summed E-state index contributed by atoms with van der Waals surface area (Å²) in [6.07, 6.45) is 8.13. The van der Waals surface area contributed by atoms with Crippen LogP contribution in [-0.4, -0.2) is 72.5 Å². The first-order chi connectivity index (χ1) is 17.2. The molecule has 0 saturated heterocycles. The molecule has 4 rings (SSSR count). The van der Waals surface area contributed by atoms with Crippen molar-refractivity contribution >= 4 is 15.9 Å². The van der Waals surface area contributed by atoms with Crippen molar-refractivity contribution in [3.8, 4) is 16.9 Å². The number of benzene rings is 1. The number of rotatable bonds is 6. The molecule has 2 aliphatic rings. The molecule has 1 fully saturated rings. The zero-order valence-electron chi connectivity index (χ0n) is 21.3. The highest BCUT2D eigenvalue weighted by Crippen LogP contribution is 2.36. The van der Waals surface area contributed by atoms with E-state index in [0.29, 0.717) is 6.54 Å². The minimum absolute atomic E-state index is 0.0458. The van der Waals surface area contributed by atoms with Gasteiger partial charge in [-0.25, -0.2) is 8.42 Å². The molecule has 2 aromatic rings. The van der Waals surface area contributed by atoms with Gasteiger partial charge in [0.15, 0.2) is 0 Å². The highest BCUT2D eigenvalue weighted by atomic mass is 32.2. The van der Waals surface area contributed by atoms with Crippen molar-refractivity contribution in [1.29, 1.82) is 0 Å². The second-order valence-electron chi connectivity index (χ2n) is 10.2. The third-order valence-electron chi connectivity index (χ3n) is 7.47. The standard InChI is InChI=1S/C27H37N3O5S/c1-19-16-30(20(2)18-31)36(33,34)26-10-9-23(21-11-13-28-14-12-21)15-24(26)35-25(19)17-29(3)27(32)22-7-5-4-6-8-22/h9-15,19-20,22,25,31H,4-8,16-18H2,1-3H3/t19-,20+,25-/m0/s1. The first-order valence-corrected chi connectivity index (χ1v) is 14.2. The van der Waals surface area contributed by atoms with Gasteiger partial charge >= 0.3 is 0 Å². The maximum Gasteiger partial charge on any atom is 0.247 e. The Balaban J connectivity index is 1.70. The van der Waals surface area contributed by atoms with Crippen LogP contribution in [0.2, 0.25) is 0 Å². The molecule has 1 saturated carbocycles. The van der Waals surface area contributed by atoms with Gasteiger partial charge < -0.3 is 14.7 Å². The van der Waals surface area contributed by atoms with Crippen molar-refractivity contribution in [2.45, 2.75) is 63.0 Å². The molecule has 1 aliphatic carbocycles. The van der Waals surface area contributed by atoms with E-state index in [4.69, 9.17) is 4.74 Å². The first kappa shape index (κ1) is 26.6. The molecule has 0 unspecified atom stereocenters. The van der Waals surface area contributed by atoms with Crippen LogP contribution in [0.3, 0.4) is 0 Å². The van der Waals surface area contributed by atoms with E-state index in [1.54, 1.807) is 42.4 Å². The SMILES string of the molecule is C[C@H](CO)N1C[C@H](C)[C@H](CN(C)C(=O)C2CCCCC2)Oc2cc(-c3ccncc3)ccc2S1(=O)=O. The number of sulfonamides is 1. The monoisotopic (exact) mass is 515 g/mol. The molecule has 1 N–H and O–H groups in total. The summed E-state index contributed by atoms with van der Waals surface area (Å²) in [7, 11) is -2.11. The molecule has 0 radical (unpaired) electrons. The van der Waals surface area contributed by atoms with Crippen LogP contribution >= 0.6 is 0 Å². The fourth-order valence-electron chi connectivity index (χ4n) is 5.19. The van der Waals surface area contributed by atoms with Gasteiger partial charge in [-0.2, -0.15) is 4.31 Å². The van der Waals surface area contributed by atoms with Crippen molar-refractivity contribution in [2.24, 2.45) is 11.8 Å². The van der Waals surface area contributed by atoms with Crippen molar-refractivity contribution in [3.63, 3.8) is 0 Å². The number of hydrogen-bond acceptors (Lipinski definition) is 6. The number of amides is 1. The lowest BCUT2D eigenvalue weighted by molar-refractivity contribution is -0.136. The van der Waals surface area contributed by atoms with E-state index in [1.165, 1.54) is 10.7 Å². The molecule has 0 spiro atoms. The molecule has 1 amide bonds. The number of pyridine rings is 1. The van der Waals surface area contributed by atoms with Crippen LogP contribution < -0.4 is 4.74 Å². The molecule has 8 nitrogen and oxygen atoms in total. The lowest BCUT2D eigenvalue weighted by atomic mass is 9.88. The highest BCUT2D eigenvalue weighted by molar-refractivity contribution is 7.89. The number of aliphatic hydroxyl groups excluding tert-OH is 1. The number of carbonyl (C=O) groups excluding carboxylic acids is 1. The van der Waals surface area contributed by atoms with Crippen molar-refractivity contribution < 1.29 is 23.1 Å². The van der Waals surface area contributed by atoms with Gasteiger partial charge in [-0.1, -0.05) is 32.3 Å². The van der Waals surface area contributed by atoms with Gasteiger partial charge in [0, 0.05) is 43.9 Å². The van der Waals surface area contributed by atoms with Gasteiger partial charge in [-0.15, -0.1) is 0 Å². The fraction of sp³-hybridized carbons (Fsp3) is 0.556. The summed E-state index contributed by atoms with van der Waals surface area (Å²) in [6, 6.07) is 8.20.